The van der Waals surface area contributed by atoms with Crippen LogP contribution in [0.2, 0.25) is 0 Å². The van der Waals surface area contributed by atoms with Crippen LogP contribution in [0.25, 0.3) is 5.69 Å². The molecule has 2 rings (SSSR count). The van der Waals surface area contributed by atoms with Crippen molar-refractivity contribution in [1.29, 1.82) is 0 Å². The maximum absolute atomic E-state index is 5.60. The highest BCUT2D eigenvalue weighted by Gasteiger charge is 2.12. The number of benzene rings is 1. The first kappa shape index (κ1) is 12.8. The first-order chi connectivity index (χ1) is 8.77. The van der Waals surface area contributed by atoms with Crippen molar-refractivity contribution in [2.45, 2.75) is 13.5 Å². The lowest BCUT2D eigenvalue weighted by Gasteiger charge is -2.12. The molecule has 1 heterocycles. The smallest absolute Gasteiger partial charge is 0.200 e. The summed E-state index contributed by atoms with van der Waals surface area (Å²) in [5, 5.41) is 6.92. The second-order valence-electron chi connectivity index (χ2n) is 3.61. The van der Waals surface area contributed by atoms with Crippen LogP contribution in [0.3, 0.4) is 0 Å². The highest BCUT2D eigenvalue weighted by Crippen LogP contribution is 2.24. The summed E-state index contributed by atoms with van der Waals surface area (Å²) >= 11 is 5.25. The van der Waals surface area contributed by atoms with Gasteiger partial charge in [0.15, 0.2) is 10.6 Å². The number of para-hydroxylation sites is 2. The number of ether oxygens (including phenoxy) is 2. The molecule has 0 saturated heterocycles. The van der Waals surface area contributed by atoms with Gasteiger partial charge in [0.05, 0.1) is 12.3 Å². The zero-order valence-electron chi connectivity index (χ0n) is 10.3. The Bertz CT molecular complexity index is 577. The third-order valence-electron chi connectivity index (χ3n) is 2.42. The van der Waals surface area contributed by atoms with E-state index in [2.05, 4.69) is 10.2 Å². The summed E-state index contributed by atoms with van der Waals surface area (Å²) in [5.74, 6) is 1.49. The summed E-state index contributed by atoms with van der Waals surface area (Å²) in [5.41, 5.74) is 0.866. The van der Waals surface area contributed by atoms with E-state index in [0.29, 0.717) is 18.0 Å². The van der Waals surface area contributed by atoms with E-state index in [0.717, 1.165) is 17.3 Å². The maximum atomic E-state index is 5.60. The molecule has 6 heteroatoms. The fourth-order valence-electron chi connectivity index (χ4n) is 1.72. The highest BCUT2D eigenvalue weighted by molar-refractivity contribution is 7.71. The van der Waals surface area contributed by atoms with E-state index in [1.54, 1.807) is 7.11 Å². The first-order valence-electron chi connectivity index (χ1n) is 5.65. The average Bonchev–Trinajstić information content (AvgIpc) is 2.73. The van der Waals surface area contributed by atoms with Gasteiger partial charge in [-0.1, -0.05) is 12.1 Å². The van der Waals surface area contributed by atoms with Gasteiger partial charge in [0.1, 0.15) is 12.4 Å². The second-order valence-corrected chi connectivity index (χ2v) is 4.00. The van der Waals surface area contributed by atoms with Crippen molar-refractivity contribution in [3.8, 4) is 11.4 Å². The third kappa shape index (κ3) is 2.44. The van der Waals surface area contributed by atoms with Crippen molar-refractivity contribution in [2.24, 2.45) is 0 Å². The van der Waals surface area contributed by atoms with Gasteiger partial charge in [-0.3, -0.25) is 9.67 Å². The van der Waals surface area contributed by atoms with Crippen LogP contribution >= 0.6 is 12.2 Å². The number of nitrogens with one attached hydrogen (secondary N) is 1. The van der Waals surface area contributed by atoms with Gasteiger partial charge in [0.25, 0.3) is 0 Å². The fourth-order valence-corrected chi connectivity index (χ4v) is 1.97. The normalized spacial score (nSPS) is 10.6. The summed E-state index contributed by atoms with van der Waals surface area (Å²) < 4.78 is 13.1. The van der Waals surface area contributed by atoms with Gasteiger partial charge in [-0.25, -0.2) is 0 Å². The number of aromatic nitrogens is 3. The van der Waals surface area contributed by atoms with Gasteiger partial charge in [-0.05, 0) is 31.3 Å². The minimum Gasteiger partial charge on any atom is -0.492 e. The van der Waals surface area contributed by atoms with E-state index < -0.39 is 0 Å². The van der Waals surface area contributed by atoms with Crippen molar-refractivity contribution in [3.05, 3.63) is 34.9 Å². The molecule has 1 aromatic heterocycles. The standard InChI is InChI=1S/C12H15N3O2S/c1-3-17-10-7-5-4-6-9(10)15-11(8-16-2)13-14-12(15)18/h4-7H,3,8H2,1-2H3,(H,14,18). The Balaban J connectivity index is 2.54. The van der Waals surface area contributed by atoms with Gasteiger partial charge in [-0.2, -0.15) is 5.10 Å². The van der Waals surface area contributed by atoms with Gasteiger partial charge in [0.2, 0.25) is 0 Å². The molecule has 18 heavy (non-hydrogen) atoms. The van der Waals surface area contributed by atoms with Gasteiger partial charge in [-0.15, -0.1) is 0 Å². The molecule has 0 aliphatic rings. The van der Waals surface area contributed by atoms with Crippen LogP contribution in [0, 0.1) is 4.77 Å². The molecule has 0 atom stereocenters. The molecule has 0 amide bonds. The molecule has 0 saturated carbocycles. The number of hydrogen-bond acceptors (Lipinski definition) is 4. The van der Waals surface area contributed by atoms with E-state index in [9.17, 15) is 0 Å². The molecule has 96 valence electrons. The summed E-state index contributed by atoms with van der Waals surface area (Å²) in [6, 6.07) is 7.71. The topological polar surface area (TPSA) is 52.1 Å². The van der Waals surface area contributed by atoms with Gasteiger partial charge in [0, 0.05) is 7.11 Å². The summed E-state index contributed by atoms with van der Waals surface area (Å²) in [7, 11) is 1.62. The molecule has 0 radical (unpaired) electrons. The zero-order valence-corrected chi connectivity index (χ0v) is 11.2. The van der Waals surface area contributed by atoms with Crippen molar-refractivity contribution < 1.29 is 9.47 Å². The highest BCUT2D eigenvalue weighted by atomic mass is 32.1. The lowest BCUT2D eigenvalue weighted by molar-refractivity contribution is 0.176. The molecule has 0 bridgehead atoms. The molecule has 5 nitrogen and oxygen atoms in total. The number of nitrogens with zero attached hydrogens (tertiary/aromatic N) is 2. The van der Waals surface area contributed by atoms with Crippen LogP contribution in [0.5, 0.6) is 5.75 Å². The summed E-state index contributed by atoms with van der Waals surface area (Å²) in [6.45, 7) is 2.93. The summed E-state index contributed by atoms with van der Waals surface area (Å²) in [4.78, 5) is 0. The molecule has 0 fully saturated rings. The average molecular weight is 265 g/mol. The van der Waals surface area contributed by atoms with E-state index >= 15 is 0 Å². The van der Waals surface area contributed by atoms with E-state index in [4.69, 9.17) is 21.7 Å². The Morgan fingerprint density at radius 3 is 2.89 bits per heavy atom. The lowest BCUT2D eigenvalue weighted by atomic mass is 10.3. The van der Waals surface area contributed by atoms with Crippen LogP contribution in [0.15, 0.2) is 24.3 Å². The quantitative estimate of drug-likeness (QED) is 0.844. The van der Waals surface area contributed by atoms with Crippen LogP contribution in [-0.2, 0) is 11.3 Å². The van der Waals surface area contributed by atoms with E-state index in [1.807, 2.05) is 35.8 Å². The fraction of sp³-hybridized carbons (Fsp3) is 0.333. The van der Waals surface area contributed by atoms with Crippen LogP contribution in [0.1, 0.15) is 12.7 Å². The minimum atomic E-state index is 0.383. The summed E-state index contributed by atoms with van der Waals surface area (Å²) in [6.07, 6.45) is 0. The molecule has 1 N–H and O–H groups in total. The third-order valence-corrected chi connectivity index (χ3v) is 2.70. The number of rotatable bonds is 5. The number of H-pyrrole nitrogens is 1. The van der Waals surface area contributed by atoms with Crippen molar-refractivity contribution in [1.82, 2.24) is 14.8 Å². The SMILES string of the molecule is CCOc1ccccc1-n1c(COC)n[nH]c1=S. The predicted octanol–water partition coefficient (Wildman–Crippen LogP) is 2.47. The van der Waals surface area contributed by atoms with Crippen LogP contribution in [-0.4, -0.2) is 28.5 Å². The van der Waals surface area contributed by atoms with E-state index in [1.165, 1.54) is 0 Å². The Labute approximate surface area is 110 Å². The molecular weight excluding hydrogens is 250 g/mol. The molecule has 0 unspecified atom stereocenters. The molecule has 0 aliphatic carbocycles. The number of methoxy groups -OCH3 is 1. The first-order valence-corrected chi connectivity index (χ1v) is 6.06. The van der Waals surface area contributed by atoms with Crippen LogP contribution < -0.4 is 4.74 Å². The number of aromatic amines is 1. The Hall–Kier alpha value is -1.66. The number of hydrogen-bond donors (Lipinski definition) is 1. The zero-order chi connectivity index (χ0) is 13.0. The van der Waals surface area contributed by atoms with Crippen molar-refractivity contribution in [3.63, 3.8) is 0 Å². The second kappa shape index (κ2) is 5.79. The van der Waals surface area contributed by atoms with Crippen LogP contribution in [0.4, 0.5) is 0 Å². The monoisotopic (exact) mass is 265 g/mol. The van der Waals surface area contributed by atoms with Gasteiger partial charge < -0.3 is 9.47 Å². The molecule has 0 aliphatic heterocycles. The minimum absolute atomic E-state index is 0.383. The van der Waals surface area contributed by atoms with Gasteiger partial charge >= 0.3 is 0 Å². The Morgan fingerprint density at radius 2 is 2.17 bits per heavy atom. The molecule has 2 aromatic rings. The predicted molar refractivity (Wildman–Crippen MR) is 70.6 cm³/mol. The largest absolute Gasteiger partial charge is 0.492 e. The lowest BCUT2D eigenvalue weighted by Crippen LogP contribution is -2.05. The van der Waals surface area contributed by atoms with Crippen molar-refractivity contribution in [2.75, 3.05) is 13.7 Å². The van der Waals surface area contributed by atoms with E-state index in [-0.39, 0.29) is 0 Å². The molecule has 0 spiro atoms. The molecular formula is C12H15N3O2S. The molecule has 1 aromatic carbocycles. The maximum Gasteiger partial charge on any atom is 0.200 e. The Kier molecular flexibility index (Phi) is 4.11. The van der Waals surface area contributed by atoms with Crippen molar-refractivity contribution >= 4 is 12.2 Å². The Morgan fingerprint density at radius 1 is 1.39 bits per heavy atom.